The zero-order valence-electron chi connectivity index (χ0n) is 10.1. The monoisotopic (exact) mass is 228 g/mol. The highest BCUT2D eigenvalue weighted by Gasteiger charge is 2.38. The van der Waals surface area contributed by atoms with Crippen molar-refractivity contribution in [2.45, 2.75) is 44.3 Å². The third-order valence-corrected chi connectivity index (χ3v) is 2.79. The first-order valence-electron chi connectivity index (χ1n) is 5.54. The van der Waals surface area contributed by atoms with Crippen LogP contribution in [0.3, 0.4) is 0 Å². The second kappa shape index (κ2) is 6.16. The number of nitrogens with zero attached hydrogens (tertiary/aromatic N) is 2. The molecule has 1 aliphatic rings. The van der Waals surface area contributed by atoms with Crippen LogP contribution in [0.5, 0.6) is 0 Å². The highest BCUT2D eigenvalue weighted by molar-refractivity contribution is 4.86. The van der Waals surface area contributed by atoms with Crippen LogP contribution >= 0.6 is 0 Å². The molecule has 0 bridgehead atoms. The average molecular weight is 228 g/mol. The Labute approximate surface area is 96.6 Å². The first-order valence-corrected chi connectivity index (χ1v) is 5.54. The van der Waals surface area contributed by atoms with Gasteiger partial charge in [0, 0.05) is 6.04 Å². The Morgan fingerprint density at radius 2 is 2.25 bits per heavy atom. The van der Waals surface area contributed by atoms with Crippen LogP contribution in [-0.4, -0.2) is 55.2 Å². The molecule has 1 rings (SSSR count). The Morgan fingerprint density at radius 3 is 2.81 bits per heavy atom. The van der Waals surface area contributed by atoms with Gasteiger partial charge >= 0.3 is 0 Å². The lowest BCUT2D eigenvalue weighted by atomic mass is 9.99. The molecule has 0 aromatic carbocycles. The quantitative estimate of drug-likeness (QED) is 0.703. The van der Waals surface area contributed by atoms with Crippen LogP contribution in [0.4, 0.5) is 0 Å². The third-order valence-electron chi connectivity index (χ3n) is 2.79. The van der Waals surface area contributed by atoms with Crippen molar-refractivity contribution in [2.24, 2.45) is 0 Å². The fourth-order valence-corrected chi connectivity index (χ4v) is 1.97. The second-order valence-corrected chi connectivity index (χ2v) is 4.35. The number of hydrogen-bond acceptors (Lipinski definition) is 5. The van der Waals surface area contributed by atoms with Gasteiger partial charge < -0.3 is 19.5 Å². The van der Waals surface area contributed by atoms with E-state index in [2.05, 4.69) is 0 Å². The Hall–Kier alpha value is -0.670. The van der Waals surface area contributed by atoms with Gasteiger partial charge in [-0.25, -0.2) is 0 Å². The molecule has 0 saturated carbocycles. The lowest BCUT2D eigenvalue weighted by Crippen LogP contribution is -2.54. The Balaban J connectivity index is 2.57. The molecule has 0 aromatic rings. The van der Waals surface area contributed by atoms with E-state index in [9.17, 15) is 5.11 Å². The van der Waals surface area contributed by atoms with E-state index in [0.29, 0.717) is 13.0 Å². The topological polar surface area (TPSA) is 65.7 Å². The van der Waals surface area contributed by atoms with Gasteiger partial charge in [0.15, 0.2) is 6.29 Å². The minimum absolute atomic E-state index is 0.0261. The Morgan fingerprint density at radius 1 is 1.56 bits per heavy atom. The molecular formula is C11H20N2O3. The second-order valence-electron chi connectivity index (χ2n) is 4.35. The minimum atomic E-state index is -0.908. The maximum absolute atomic E-state index is 9.80. The van der Waals surface area contributed by atoms with Crippen LogP contribution < -0.4 is 0 Å². The van der Waals surface area contributed by atoms with Crippen molar-refractivity contribution in [3.8, 4) is 6.07 Å². The van der Waals surface area contributed by atoms with Crippen molar-refractivity contribution in [3.05, 3.63) is 0 Å². The zero-order valence-corrected chi connectivity index (χ0v) is 10.1. The molecule has 5 heteroatoms. The number of hydrogen-bond donors (Lipinski definition) is 1. The summed E-state index contributed by atoms with van der Waals surface area (Å²) in [6.07, 6.45) is -0.104. The first kappa shape index (κ1) is 13.4. The van der Waals surface area contributed by atoms with Gasteiger partial charge in [0.2, 0.25) is 0 Å². The largest absolute Gasteiger partial charge is 0.370 e. The van der Waals surface area contributed by atoms with Crippen molar-refractivity contribution < 1.29 is 14.6 Å². The summed E-state index contributed by atoms with van der Waals surface area (Å²) < 4.78 is 10.8. The summed E-state index contributed by atoms with van der Waals surface area (Å²) in [6, 6.07) is 2.14. The molecule has 0 radical (unpaired) electrons. The first-order chi connectivity index (χ1) is 7.56. The molecule has 1 unspecified atom stereocenters. The molecular weight excluding hydrogens is 208 g/mol. The van der Waals surface area contributed by atoms with Crippen LogP contribution in [0, 0.1) is 11.3 Å². The summed E-state index contributed by atoms with van der Waals surface area (Å²) in [4.78, 5) is 2.03. The molecule has 0 aliphatic carbocycles. The maximum atomic E-state index is 9.80. The maximum Gasteiger partial charge on any atom is 0.182 e. The van der Waals surface area contributed by atoms with E-state index in [4.69, 9.17) is 14.7 Å². The SMILES string of the molecule is CC1C[C@H](N(C)C)[C@@H](OCCC#N)[C@H](O)O1. The zero-order chi connectivity index (χ0) is 12.1. The molecule has 5 nitrogen and oxygen atoms in total. The predicted octanol–water partition coefficient (Wildman–Crippen LogP) is 0.343. The molecule has 1 saturated heterocycles. The summed E-state index contributed by atoms with van der Waals surface area (Å²) in [5.41, 5.74) is 0. The highest BCUT2D eigenvalue weighted by Crippen LogP contribution is 2.24. The molecule has 0 aromatic heterocycles. The Kier molecular flexibility index (Phi) is 5.16. The van der Waals surface area contributed by atoms with Gasteiger partial charge in [-0.2, -0.15) is 5.26 Å². The average Bonchev–Trinajstić information content (AvgIpc) is 2.20. The summed E-state index contributed by atoms with van der Waals surface area (Å²) >= 11 is 0. The van der Waals surface area contributed by atoms with Gasteiger partial charge in [-0.05, 0) is 27.4 Å². The van der Waals surface area contributed by atoms with Crippen molar-refractivity contribution in [1.82, 2.24) is 4.90 Å². The van der Waals surface area contributed by atoms with Crippen molar-refractivity contribution in [2.75, 3.05) is 20.7 Å². The van der Waals surface area contributed by atoms with Crippen LogP contribution in [-0.2, 0) is 9.47 Å². The molecule has 1 fully saturated rings. The normalized spacial score (nSPS) is 35.0. The fraction of sp³-hybridized carbons (Fsp3) is 0.909. The number of ether oxygens (including phenoxy) is 2. The number of nitriles is 1. The summed E-state index contributed by atoms with van der Waals surface area (Å²) in [5.74, 6) is 0. The van der Waals surface area contributed by atoms with E-state index in [-0.39, 0.29) is 18.2 Å². The fourth-order valence-electron chi connectivity index (χ4n) is 1.97. The molecule has 16 heavy (non-hydrogen) atoms. The van der Waals surface area contributed by atoms with Gasteiger partial charge in [0.1, 0.15) is 6.10 Å². The third kappa shape index (κ3) is 3.42. The molecule has 4 atom stereocenters. The lowest BCUT2D eigenvalue weighted by molar-refractivity contribution is -0.243. The van der Waals surface area contributed by atoms with Gasteiger partial charge in [-0.1, -0.05) is 0 Å². The van der Waals surface area contributed by atoms with E-state index >= 15 is 0 Å². The van der Waals surface area contributed by atoms with Gasteiger partial charge in [-0.15, -0.1) is 0 Å². The molecule has 0 amide bonds. The predicted molar refractivity (Wildman–Crippen MR) is 58.6 cm³/mol. The number of aliphatic hydroxyl groups excluding tert-OH is 1. The molecule has 1 heterocycles. The summed E-state index contributed by atoms with van der Waals surface area (Å²) in [7, 11) is 3.91. The summed E-state index contributed by atoms with van der Waals surface area (Å²) in [5, 5.41) is 18.2. The van der Waals surface area contributed by atoms with E-state index in [0.717, 1.165) is 6.42 Å². The molecule has 1 N–H and O–H groups in total. The molecule has 1 aliphatic heterocycles. The molecule has 92 valence electrons. The molecule has 0 spiro atoms. The van der Waals surface area contributed by atoms with E-state index < -0.39 is 6.29 Å². The number of aliphatic hydroxyl groups is 1. The standard InChI is InChI=1S/C11H20N2O3/c1-8-7-9(13(2)3)10(11(14)16-8)15-6-4-5-12/h8-11,14H,4,6-7H2,1-3H3/t8?,9-,10+,11+/m0/s1. The van der Waals surface area contributed by atoms with E-state index in [1.165, 1.54) is 0 Å². The van der Waals surface area contributed by atoms with Crippen molar-refractivity contribution in [1.29, 1.82) is 5.26 Å². The minimum Gasteiger partial charge on any atom is -0.370 e. The van der Waals surface area contributed by atoms with E-state index in [1.54, 1.807) is 0 Å². The van der Waals surface area contributed by atoms with Crippen molar-refractivity contribution in [3.63, 3.8) is 0 Å². The smallest absolute Gasteiger partial charge is 0.182 e. The van der Waals surface area contributed by atoms with Crippen LogP contribution in [0.2, 0.25) is 0 Å². The van der Waals surface area contributed by atoms with Crippen molar-refractivity contribution >= 4 is 0 Å². The van der Waals surface area contributed by atoms with Gasteiger partial charge in [0.25, 0.3) is 0 Å². The van der Waals surface area contributed by atoms with Crippen LogP contribution in [0.1, 0.15) is 19.8 Å². The number of rotatable bonds is 4. The Bertz CT molecular complexity index is 252. The summed E-state index contributed by atoms with van der Waals surface area (Å²) in [6.45, 7) is 2.27. The number of likely N-dealkylation sites (N-methyl/N-ethyl adjacent to an activating group) is 1. The van der Waals surface area contributed by atoms with Gasteiger partial charge in [-0.3, -0.25) is 0 Å². The van der Waals surface area contributed by atoms with Crippen LogP contribution in [0.25, 0.3) is 0 Å². The van der Waals surface area contributed by atoms with Gasteiger partial charge in [0.05, 0.1) is 25.2 Å². The highest BCUT2D eigenvalue weighted by atomic mass is 16.6. The van der Waals surface area contributed by atoms with E-state index in [1.807, 2.05) is 32.0 Å². The van der Waals surface area contributed by atoms with Crippen LogP contribution in [0.15, 0.2) is 0 Å². The lowest BCUT2D eigenvalue weighted by Gasteiger charge is -2.41.